The molecule has 0 amide bonds. The van der Waals surface area contributed by atoms with Crippen molar-refractivity contribution in [1.29, 1.82) is 0 Å². The van der Waals surface area contributed by atoms with E-state index < -0.39 is 11.4 Å². The van der Waals surface area contributed by atoms with E-state index >= 15 is 0 Å². The molecule has 0 aromatic heterocycles. The zero-order chi connectivity index (χ0) is 20.3. The largest absolute Gasteiger partial charge is 2.00 e. The molecule has 0 aromatic rings. The van der Waals surface area contributed by atoms with E-state index in [4.69, 9.17) is 32.7 Å². The first-order valence-electron chi connectivity index (χ1n) is 8.66. The minimum atomic E-state index is -2.82. The second kappa shape index (κ2) is 22.6. The molecule has 0 aromatic carbocycles. The molecule has 0 N–H and O–H groups in total. The van der Waals surface area contributed by atoms with E-state index in [1.54, 1.807) is 12.2 Å². The summed E-state index contributed by atoms with van der Waals surface area (Å²) in [5.74, 6) is 1.18. The van der Waals surface area contributed by atoms with Crippen molar-refractivity contribution in [1.82, 2.24) is 0 Å². The van der Waals surface area contributed by atoms with E-state index in [-0.39, 0.29) is 19.5 Å². The van der Waals surface area contributed by atoms with Crippen LogP contribution in [0, 0.1) is 0 Å². The van der Waals surface area contributed by atoms with Gasteiger partial charge in [0, 0.05) is 22.9 Å². The summed E-state index contributed by atoms with van der Waals surface area (Å²) in [7, 11) is 0. The van der Waals surface area contributed by atoms with E-state index in [0.29, 0.717) is 24.7 Å². The summed E-state index contributed by atoms with van der Waals surface area (Å²) in [4.78, 5) is 22.9. The van der Waals surface area contributed by atoms with Crippen LogP contribution in [0.15, 0.2) is 25.3 Å². The van der Waals surface area contributed by atoms with Crippen molar-refractivity contribution < 1.29 is 38.3 Å². The average Bonchev–Trinajstić information content (AvgIpc) is 2.60. The van der Waals surface area contributed by atoms with Crippen LogP contribution in [0.2, 0.25) is 0 Å². The quantitative estimate of drug-likeness (QED) is 0.111. The zero-order valence-electron chi connectivity index (χ0n) is 16.5. The molecule has 156 valence electrons. The third-order valence-corrected chi connectivity index (χ3v) is 11.0. The normalized spacial score (nSPS) is 14.7. The van der Waals surface area contributed by atoms with Crippen molar-refractivity contribution in [3.05, 3.63) is 25.3 Å². The van der Waals surface area contributed by atoms with Crippen molar-refractivity contribution in [3.63, 3.8) is 0 Å². The fourth-order valence-electron chi connectivity index (χ4n) is 1.42. The number of unbranched alkanes of at least 4 members (excludes halogenated alkanes) is 4. The van der Waals surface area contributed by atoms with Gasteiger partial charge in [-0.05, 0) is 12.8 Å². The first-order chi connectivity index (χ1) is 12.2. The van der Waals surface area contributed by atoms with Crippen LogP contribution in [0.5, 0.6) is 0 Å². The third kappa shape index (κ3) is 27.9. The summed E-state index contributed by atoms with van der Waals surface area (Å²) in [6, 6.07) is 0. The van der Waals surface area contributed by atoms with Crippen LogP contribution >= 0.6 is 34.2 Å². The average molecular weight is 544 g/mol. The summed E-state index contributed by atoms with van der Waals surface area (Å²) in [5, 5.41) is 0. The Hall–Kier alpha value is 1.94. The van der Waals surface area contributed by atoms with Gasteiger partial charge in [-0.1, -0.05) is 75.3 Å². The molecule has 0 fully saturated rings. The SMILES string of the molecule is C=CCSP([O-])(=S)OCCCCC.C=CCSP([O-])(=S)OCCCCC.[Zn+2]. The van der Waals surface area contributed by atoms with Gasteiger partial charge in [-0.3, -0.25) is 0 Å². The maximum absolute atomic E-state index is 11.4. The molecule has 0 spiro atoms. The molecule has 0 bridgehead atoms. The molecular formula is C16H32O4P2S4Zn. The molecule has 0 aliphatic rings. The van der Waals surface area contributed by atoms with Crippen molar-refractivity contribution >= 4 is 57.8 Å². The fourth-order valence-corrected chi connectivity index (χ4v) is 7.01. The smallest absolute Gasteiger partial charge is 0.793 e. The molecule has 0 heterocycles. The van der Waals surface area contributed by atoms with E-state index in [2.05, 4.69) is 27.0 Å². The first-order valence-corrected chi connectivity index (χ1v) is 17.1. The third-order valence-electron chi connectivity index (χ3n) is 2.70. The molecule has 27 heavy (non-hydrogen) atoms. The van der Waals surface area contributed by atoms with Crippen molar-refractivity contribution in [2.24, 2.45) is 0 Å². The van der Waals surface area contributed by atoms with Gasteiger partial charge >= 0.3 is 19.5 Å². The molecule has 0 saturated heterocycles. The van der Waals surface area contributed by atoms with Crippen LogP contribution in [0.3, 0.4) is 0 Å². The minimum absolute atomic E-state index is 0. The predicted octanol–water partition coefficient (Wildman–Crippen LogP) is 5.39. The van der Waals surface area contributed by atoms with Crippen LogP contribution in [0.25, 0.3) is 0 Å². The Morgan fingerprint density at radius 3 is 1.41 bits per heavy atom. The maximum Gasteiger partial charge on any atom is 2.00 e. The monoisotopic (exact) mass is 542 g/mol. The molecular weight excluding hydrogens is 512 g/mol. The summed E-state index contributed by atoms with van der Waals surface area (Å²) < 4.78 is 10.2. The van der Waals surface area contributed by atoms with Gasteiger partial charge in [-0.25, -0.2) is 0 Å². The van der Waals surface area contributed by atoms with Gasteiger partial charge in [0.2, 0.25) is 0 Å². The maximum atomic E-state index is 11.4. The predicted molar refractivity (Wildman–Crippen MR) is 125 cm³/mol. The van der Waals surface area contributed by atoms with Gasteiger partial charge in [-0.2, -0.15) is 0 Å². The summed E-state index contributed by atoms with van der Waals surface area (Å²) in [5.41, 5.74) is -5.64. The molecule has 4 nitrogen and oxygen atoms in total. The van der Waals surface area contributed by atoms with E-state index in [1.807, 2.05) is 0 Å². The Morgan fingerprint density at radius 1 is 0.815 bits per heavy atom. The first kappa shape index (κ1) is 33.6. The van der Waals surface area contributed by atoms with Crippen molar-refractivity contribution in [3.8, 4) is 0 Å². The Morgan fingerprint density at radius 2 is 1.15 bits per heavy atom. The van der Waals surface area contributed by atoms with Crippen molar-refractivity contribution in [2.45, 2.75) is 52.4 Å². The summed E-state index contributed by atoms with van der Waals surface area (Å²) in [6.45, 7) is 12.3. The van der Waals surface area contributed by atoms with Crippen LogP contribution in [0.1, 0.15) is 52.4 Å². The fraction of sp³-hybridized carbons (Fsp3) is 0.750. The van der Waals surface area contributed by atoms with E-state index in [1.165, 1.54) is 22.8 Å². The zero-order valence-corrected chi connectivity index (χ0v) is 24.5. The van der Waals surface area contributed by atoms with Crippen molar-refractivity contribution in [2.75, 3.05) is 24.7 Å². The van der Waals surface area contributed by atoms with Crippen LogP contribution in [0.4, 0.5) is 0 Å². The Kier molecular flexibility index (Phi) is 28.1. The standard InChI is InChI=1S/2C8H17O2PS2.Zn/c2*1-3-5-6-7-10-11(9,12)13-8-4-2;/h2*4H,2-3,5-8H2,1H3,(H,9,12);/q;;+2/p-2. The van der Waals surface area contributed by atoms with Gasteiger partial charge in [0.15, 0.2) is 0 Å². The molecule has 0 saturated carbocycles. The van der Waals surface area contributed by atoms with Gasteiger partial charge < -0.3 is 18.8 Å². The van der Waals surface area contributed by atoms with E-state index in [0.717, 1.165) is 38.5 Å². The Labute approximate surface area is 197 Å². The number of rotatable bonds is 16. The number of hydrogen-bond acceptors (Lipinski definition) is 8. The summed E-state index contributed by atoms with van der Waals surface area (Å²) in [6.07, 6.45) is 9.69. The molecule has 2 atom stereocenters. The topological polar surface area (TPSA) is 64.6 Å². The number of hydrogen-bond donors (Lipinski definition) is 0. The molecule has 0 radical (unpaired) electrons. The Bertz CT molecular complexity index is 416. The van der Waals surface area contributed by atoms with Crippen LogP contribution in [-0.2, 0) is 52.1 Å². The Balaban J connectivity index is -0.000000411. The second-order valence-electron chi connectivity index (χ2n) is 5.14. The van der Waals surface area contributed by atoms with Crippen LogP contribution in [-0.4, -0.2) is 24.7 Å². The van der Waals surface area contributed by atoms with Gasteiger partial charge in [0.05, 0.1) is 13.2 Å². The molecule has 2 unspecified atom stereocenters. The molecule has 0 rings (SSSR count). The van der Waals surface area contributed by atoms with Gasteiger partial charge in [0.25, 0.3) is 0 Å². The molecule has 11 heteroatoms. The van der Waals surface area contributed by atoms with Gasteiger partial charge in [-0.15, -0.1) is 35.9 Å². The summed E-state index contributed by atoms with van der Waals surface area (Å²) >= 11 is 11.9. The molecule has 0 aliphatic heterocycles. The van der Waals surface area contributed by atoms with Crippen LogP contribution < -0.4 is 9.79 Å². The molecule has 0 aliphatic carbocycles. The van der Waals surface area contributed by atoms with Gasteiger partial charge in [0.1, 0.15) is 0 Å². The van der Waals surface area contributed by atoms with E-state index in [9.17, 15) is 9.79 Å². The second-order valence-corrected chi connectivity index (χ2v) is 17.3. The minimum Gasteiger partial charge on any atom is -0.793 e.